The van der Waals surface area contributed by atoms with E-state index in [2.05, 4.69) is 135 Å². The van der Waals surface area contributed by atoms with Crippen LogP contribution in [-0.4, -0.2) is 146 Å². The lowest BCUT2D eigenvalue weighted by molar-refractivity contribution is -0.131. The number of aromatic nitrogens is 4. The van der Waals surface area contributed by atoms with E-state index in [-0.39, 0.29) is 11.8 Å². The summed E-state index contributed by atoms with van der Waals surface area (Å²) in [6.07, 6.45) is 17.4. The van der Waals surface area contributed by atoms with E-state index in [1.165, 1.54) is 73.6 Å². The maximum absolute atomic E-state index is 14.1. The molecule has 0 saturated carbocycles. The first-order valence-corrected chi connectivity index (χ1v) is 31.9. The van der Waals surface area contributed by atoms with Crippen molar-refractivity contribution in [3.8, 4) is 0 Å². The second-order valence-electron chi connectivity index (χ2n) is 22.3. The van der Waals surface area contributed by atoms with Crippen molar-refractivity contribution in [1.82, 2.24) is 61.6 Å². The molecule has 5 rings (SSSR count). The number of aromatic amines is 2. The normalized spacial score (nSPS) is 12.6. The number of aryl methyl sites for hydroxylation is 4. The van der Waals surface area contributed by atoms with E-state index >= 15 is 0 Å². The van der Waals surface area contributed by atoms with Crippen molar-refractivity contribution in [2.75, 3.05) is 105 Å². The second kappa shape index (κ2) is 37.4. The number of hydrogen-bond donors (Lipinski definition) is 8. The van der Waals surface area contributed by atoms with E-state index in [9.17, 15) is 9.59 Å². The third-order valence-corrected chi connectivity index (χ3v) is 16.5. The molecule has 2 aliphatic heterocycles. The fourth-order valence-electron chi connectivity index (χ4n) is 11.4. The lowest BCUT2D eigenvalue weighted by atomic mass is 9.97. The Labute approximate surface area is 484 Å². The van der Waals surface area contributed by atoms with Gasteiger partial charge in [-0.2, -0.15) is 0 Å². The van der Waals surface area contributed by atoms with Gasteiger partial charge in [-0.25, -0.2) is 9.97 Å². The Kier molecular flexibility index (Phi) is 30.9. The fraction of sp³-hybridized carbons (Fsp3) is 0.667. The molecule has 80 heavy (non-hydrogen) atoms. The highest BCUT2D eigenvalue weighted by molar-refractivity contribution is 5.97. The molecule has 446 valence electrons. The first-order valence-electron chi connectivity index (χ1n) is 31.9. The van der Waals surface area contributed by atoms with Crippen LogP contribution in [0.5, 0.6) is 0 Å². The molecule has 8 N–H and O–H groups in total. The second-order valence-corrected chi connectivity index (χ2v) is 22.3. The summed E-state index contributed by atoms with van der Waals surface area (Å²) in [5.74, 6) is 0.363. The van der Waals surface area contributed by atoms with Gasteiger partial charge in [-0.1, -0.05) is 27.7 Å². The highest BCUT2D eigenvalue weighted by Crippen LogP contribution is 2.38. The van der Waals surface area contributed by atoms with E-state index in [0.29, 0.717) is 38.8 Å². The van der Waals surface area contributed by atoms with Gasteiger partial charge in [0.15, 0.2) is 0 Å². The molecule has 3 aromatic rings. The van der Waals surface area contributed by atoms with Gasteiger partial charge in [-0.05, 0) is 292 Å². The van der Waals surface area contributed by atoms with Gasteiger partial charge in [-0.15, -0.1) is 0 Å². The lowest BCUT2D eigenvalue weighted by Gasteiger charge is -2.21. The van der Waals surface area contributed by atoms with Gasteiger partial charge in [0.25, 0.3) is 0 Å². The standard InChI is InChI=1S/C66H110N12O2/c1-11-53-49(7)57-45-58-51(9)55(29-31-65(79)77(15-5)43-27-25-41-71-39-23-21-37-69-35-19-17-33-67-13-3)63(75-58)48-64-56(52(10)60(76-64)47-62-54(12-2)50(8)59(74-62)46-61(53)73-57)30-32-66(80)78(16-6)44-28-26-42-72-40-24-22-38-70-36-20-18-34-68-14-4/h45-48,67-74H,11-44H2,1-10H3. The molecule has 8 bridgehead atoms. The zero-order chi connectivity index (χ0) is 57.5. The fourth-order valence-corrected chi connectivity index (χ4v) is 11.4. The van der Waals surface area contributed by atoms with Crippen molar-refractivity contribution >= 4 is 56.2 Å². The van der Waals surface area contributed by atoms with Crippen molar-refractivity contribution in [1.29, 1.82) is 0 Å². The van der Waals surface area contributed by atoms with E-state index in [4.69, 9.17) is 9.97 Å². The summed E-state index contributed by atoms with van der Waals surface area (Å²) in [5, 5.41) is 21.2. The van der Waals surface area contributed by atoms with Crippen LogP contribution in [0.3, 0.4) is 0 Å². The number of fused-ring (bicyclic) bond motifs is 8. The number of amides is 2. The summed E-state index contributed by atoms with van der Waals surface area (Å²) in [5.41, 5.74) is 17.2. The van der Waals surface area contributed by atoms with Crippen LogP contribution in [0, 0.1) is 13.8 Å². The van der Waals surface area contributed by atoms with Crippen LogP contribution in [0.25, 0.3) is 44.4 Å². The van der Waals surface area contributed by atoms with Crippen LogP contribution >= 0.6 is 0 Å². The van der Waals surface area contributed by atoms with Crippen molar-refractivity contribution in [2.45, 2.75) is 185 Å². The predicted molar refractivity (Wildman–Crippen MR) is 341 cm³/mol. The van der Waals surface area contributed by atoms with Crippen molar-refractivity contribution in [2.24, 2.45) is 0 Å². The number of hydrogen-bond acceptors (Lipinski definition) is 10. The molecule has 0 radical (unpaired) electrons. The Morgan fingerprint density at radius 1 is 0.412 bits per heavy atom. The van der Waals surface area contributed by atoms with Gasteiger partial charge in [0, 0.05) is 61.1 Å². The van der Waals surface area contributed by atoms with E-state index in [1.807, 2.05) is 9.80 Å². The highest BCUT2D eigenvalue weighted by Gasteiger charge is 2.25. The van der Waals surface area contributed by atoms with Crippen LogP contribution in [0.4, 0.5) is 0 Å². The molecule has 0 spiro atoms. The Bertz CT molecular complexity index is 2570. The quantitative estimate of drug-likeness (QED) is 0.0256. The Hall–Kier alpha value is -4.70. The summed E-state index contributed by atoms with van der Waals surface area (Å²) in [7, 11) is 0. The molecule has 0 saturated heterocycles. The third-order valence-electron chi connectivity index (χ3n) is 16.5. The van der Waals surface area contributed by atoms with E-state index in [0.717, 1.165) is 197 Å². The molecule has 5 heterocycles. The van der Waals surface area contributed by atoms with Crippen LogP contribution in [-0.2, 0) is 22.4 Å². The molecule has 0 aliphatic carbocycles. The lowest BCUT2D eigenvalue weighted by Crippen LogP contribution is -2.32. The number of carbonyl (C=O) groups is 2. The number of nitrogens with one attached hydrogen (secondary N) is 8. The van der Waals surface area contributed by atoms with E-state index < -0.39 is 0 Å². The number of carbonyl (C=O) groups excluding carboxylic acids is 2. The molecular formula is C66H110N12O2. The third kappa shape index (κ3) is 20.9. The molecule has 0 fully saturated rings. The molecule has 14 nitrogen and oxygen atoms in total. The van der Waals surface area contributed by atoms with Gasteiger partial charge in [0.2, 0.25) is 11.8 Å². The average molecular weight is 1100 g/mol. The Morgan fingerprint density at radius 2 is 0.738 bits per heavy atom. The highest BCUT2D eigenvalue weighted by atomic mass is 16.2. The molecule has 14 heteroatoms. The molecule has 2 aliphatic rings. The average Bonchev–Trinajstić information content (AvgIpc) is 4.12. The largest absolute Gasteiger partial charge is 0.355 e. The van der Waals surface area contributed by atoms with E-state index in [1.54, 1.807) is 0 Å². The van der Waals surface area contributed by atoms with Gasteiger partial charge < -0.3 is 51.7 Å². The van der Waals surface area contributed by atoms with Crippen molar-refractivity contribution < 1.29 is 9.59 Å². The van der Waals surface area contributed by atoms with Crippen molar-refractivity contribution in [3.63, 3.8) is 0 Å². The number of H-pyrrole nitrogens is 2. The topological polar surface area (TPSA) is 170 Å². The molecule has 2 amide bonds. The van der Waals surface area contributed by atoms with Crippen LogP contribution in [0.2, 0.25) is 0 Å². The first-order chi connectivity index (χ1) is 39.0. The SMILES string of the molecule is CCNCCCCNCCCCNCCCCN(CC)C(=O)CCC1=C(C)c2cc3[nH]c(cc4[nH]c(cc5nc(cc1n2)C(CCC(=O)N(CC)CCCCNCCCCNCCCCNCC)=C5C)c(CC)c4C)c(CC)c3C. The predicted octanol–water partition coefficient (Wildman–Crippen LogP) is 11.4. The van der Waals surface area contributed by atoms with Gasteiger partial charge in [-0.3, -0.25) is 9.59 Å². The molecule has 0 atom stereocenters. The minimum Gasteiger partial charge on any atom is -0.355 e. The maximum atomic E-state index is 14.1. The summed E-state index contributed by atoms with van der Waals surface area (Å²) in [6, 6.07) is 8.83. The van der Waals surface area contributed by atoms with Crippen molar-refractivity contribution in [3.05, 3.63) is 69.3 Å². The molecular weight excluding hydrogens is 993 g/mol. The number of unbranched alkanes of at least 4 members (excludes halogenated alkanes) is 6. The number of rotatable bonds is 42. The minimum absolute atomic E-state index is 0.181. The first kappa shape index (κ1) is 66.1. The number of allylic oxidation sites excluding steroid dienone is 4. The summed E-state index contributed by atoms with van der Waals surface area (Å²) in [4.78, 5) is 50.7. The molecule has 0 aromatic carbocycles. The Balaban J connectivity index is 1.28. The van der Waals surface area contributed by atoms with Gasteiger partial charge in [0.1, 0.15) is 0 Å². The molecule has 3 aromatic heterocycles. The maximum Gasteiger partial charge on any atom is 0.222 e. The van der Waals surface area contributed by atoms with Crippen LogP contribution < -0.4 is 31.9 Å². The Morgan fingerprint density at radius 3 is 1.09 bits per heavy atom. The monoisotopic (exact) mass is 1100 g/mol. The van der Waals surface area contributed by atoms with Gasteiger partial charge >= 0.3 is 0 Å². The summed E-state index contributed by atoms with van der Waals surface area (Å²) >= 11 is 0. The molecule has 0 unspecified atom stereocenters. The summed E-state index contributed by atoms with van der Waals surface area (Å²) < 4.78 is 0. The minimum atomic E-state index is 0.181. The van der Waals surface area contributed by atoms with Crippen LogP contribution in [0.1, 0.15) is 203 Å². The zero-order valence-electron chi connectivity index (χ0n) is 52.0. The van der Waals surface area contributed by atoms with Crippen LogP contribution in [0.15, 0.2) is 24.3 Å². The number of nitrogens with zero attached hydrogens (tertiary/aromatic N) is 4. The smallest absolute Gasteiger partial charge is 0.222 e. The summed E-state index contributed by atoms with van der Waals surface area (Å²) in [6.45, 7) is 37.3. The van der Waals surface area contributed by atoms with Gasteiger partial charge in [0.05, 0.1) is 22.8 Å². The zero-order valence-corrected chi connectivity index (χ0v) is 52.0.